The molecule has 2 N–H and O–H groups in total. The molecule has 0 aliphatic heterocycles. The Morgan fingerprint density at radius 1 is 1.26 bits per heavy atom. The second-order valence-electron chi connectivity index (χ2n) is 4.23. The summed E-state index contributed by atoms with van der Waals surface area (Å²) < 4.78 is 0.707. The highest BCUT2D eigenvalue weighted by atomic mass is 79.9. The Bertz CT molecular complexity index is 573. The number of nitrogen functional groups attached to an aromatic ring is 1. The maximum Gasteiger partial charge on any atom is 0.148 e. The van der Waals surface area contributed by atoms with E-state index in [2.05, 4.69) is 32.8 Å². The fourth-order valence-electron chi connectivity index (χ4n) is 1.77. The lowest BCUT2D eigenvalue weighted by Gasteiger charge is -2.27. The largest absolute Gasteiger partial charge is 0.383 e. The zero-order chi connectivity index (χ0) is 14.0. The van der Waals surface area contributed by atoms with Crippen molar-refractivity contribution in [3.8, 4) is 0 Å². The van der Waals surface area contributed by atoms with Crippen LogP contribution in [0.3, 0.4) is 0 Å². The van der Waals surface area contributed by atoms with Crippen molar-refractivity contribution in [2.45, 2.75) is 13.0 Å². The van der Waals surface area contributed by atoms with Crippen LogP contribution in [0.4, 0.5) is 11.6 Å². The van der Waals surface area contributed by atoms with Crippen LogP contribution >= 0.6 is 27.5 Å². The number of halogens is 2. The van der Waals surface area contributed by atoms with Crippen LogP contribution < -0.4 is 10.6 Å². The first-order valence-electron chi connectivity index (χ1n) is 5.75. The quantitative estimate of drug-likeness (QED) is 0.925. The maximum atomic E-state index is 5.90. The summed E-state index contributed by atoms with van der Waals surface area (Å²) in [6.07, 6.45) is 1.46. The minimum Gasteiger partial charge on any atom is -0.383 e. The van der Waals surface area contributed by atoms with E-state index in [1.807, 2.05) is 36.2 Å². The molecule has 2 aromatic rings. The van der Waals surface area contributed by atoms with E-state index in [-0.39, 0.29) is 6.04 Å². The van der Waals surface area contributed by atoms with Gasteiger partial charge in [-0.1, -0.05) is 23.7 Å². The van der Waals surface area contributed by atoms with Crippen LogP contribution in [0.1, 0.15) is 18.5 Å². The molecule has 0 amide bonds. The molecule has 1 unspecified atom stereocenters. The van der Waals surface area contributed by atoms with Crippen molar-refractivity contribution in [2.75, 3.05) is 17.7 Å². The molecule has 6 heteroatoms. The minimum atomic E-state index is 0.142. The van der Waals surface area contributed by atoms with E-state index < -0.39 is 0 Å². The standard InChI is InChI=1S/C13H14BrClN4/c1-8(9-3-5-10(15)6-4-9)19(2)13-11(14)12(16)17-7-18-13/h3-8H,1-2H3,(H2,16,17,18). The predicted octanol–water partition coefficient (Wildman–Crippen LogP) is 3.67. The second-order valence-corrected chi connectivity index (χ2v) is 5.46. The van der Waals surface area contributed by atoms with Crippen molar-refractivity contribution in [3.05, 3.63) is 45.7 Å². The summed E-state index contributed by atoms with van der Waals surface area (Å²) in [6, 6.07) is 7.90. The molecule has 1 aromatic carbocycles. The van der Waals surface area contributed by atoms with Gasteiger partial charge in [-0.15, -0.1) is 0 Å². The Kier molecular flexibility index (Phi) is 4.27. The minimum absolute atomic E-state index is 0.142. The van der Waals surface area contributed by atoms with E-state index in [1.54, 1.807) is 0 Å². The molecule has 4 nitrogen and oxygen atoms in total. The Hall–Kier alpha value is -1.33. The maximum absolute atomic E-state index is 5.90. The van der Waals surface area contributed by atoms with Gasteiger partial charge in [0.1, 0.15) is 22.4 Å². The third kappa shape index (κ3) is 2.98. The molecule has 1 aromatic heterocycles. The Morgan fingerprint density at radius 2 is 1.89 bits per heavy atom. The molecule has 0 saturated carbocycles. The van der Waals surface area contributed by atoms with Crippen LogP contribution in [0.2, 0.25) is 5.02 Å². The molecule has 2 rings (SSSR count). The molecule has 100 valence electrons. The lowest BCUT2D eigenvalue weighted by Crippen LogP contribution is -2.23. The van der Waals surface area contributed by atoms with Crippen molar-refractivity contribution >= 4 is 39.2 Å². The van der Waals surface area contributed by atoms with E-state index in [0.29, 0.717) is 10.3 Å². The van der Waals surface area contributed by atoms with Crippen LogP contribution in [0, 0.1) is 0 Å². The summed E-state index contributed by atoms with van der Waals surface area (Å²) in [4.78, 5) is 10.2. The smallest absolute Gasteiger partial charge is 0.148 e. The SMILES string of the molecule is CC(c1ccc(Cl)cc1)N(C)c1ncnc(N)c1Br. The summed E-state index contributed by atoms with van der Waals surface area (Å²) in [7, 11) is 1.96. The van der Waals surface area contributed by atoms with Gasteiger partial charge in [-0.3, -0.25) is 0 Å². The summed E-state index contributed by atoms with van der Waals surface area (Å²) in [5, 5.41) is 0.728. The van der Waals surface area contributed by atoms with Gasteiger partial charge in [-0.05, 0) is 40.5 Å². The molecular weight excluding hydrogens is 328 g/mol. The first-order valence-corrected chi connectivity index (χ1v) is 6.92. The molecule has 1 atom stereocenters. The third-order valence-corrected chi connectivity index (χ3v) is 4.08. The highest BCUT2D eigenvalue weighted by molar-refractivity contribution is 9.10. The van der Waals surface area contributed by atoms with Gasteiger partial charge >= 0.3 is 0 Å². The molecule has 0 fully saturated rings. The van der Waals surface area contributed by atoms with E-state index in [0.717, 1.165) is 16.4 Å². The molecule has 0 saturated heterocycles. The third-order valence-electron chi connectivity index (χ3n) is 3.07. The average molecular weight is 342 g/mol. The van der Waals surface area contributed by atoms with Gasteiger partial charge in [0.15, 0.2) is 0 Å². The Labute approximate surface area is 125 Å². The number of benzene rings is 1. The molecule has 0 radical (unpaired) electrons. The predicted molar refractivity (Wildman–Crippen MR) is 82.4 cm³/mol. The van der Waals surface area contributed by atoms with Crippen LogP contribution in [0.15, 0.2) is 35.1 Å². The van der Waals surface area contributed by atoms with E-state index in [9.17, 15) is 0 Å². The van der Waals surface area contributed by atoms with Gasteiger partial charge in [-0.2, -0.15) is 0 Å². The lowest BCUT2D eigenvalue weighted by molar-refractivity contribution is 0.725. The molecule has 0 bridgehead atoms. The Balaban J connectivity index is 2.30. The summed E-state index contributed by atoms with van der Waals surface area (Å²) >= 11 is 9.32. The van der Waals surface area contributed by atoms with Crippen LogP contribution in [-0.2, 0) is 0 Å². The van der Waals surface area contributed by atoms with Gasteiger partial charge in [-0.25, -0.2) is 9.97 Å². The number of anilines is 2. The topological polar surface area (TPSA) is 55.0 Å². The summed E-state index contributed by atoms with van der Waals surface area (Å²) in [6.45, 7) is 2.09. The average Bonchev–Trinajstić information content (AvgIpc) is 2.41. The van der Waals surface area contributed by atoms with Crippen LogP contribution in [0.25, 0.3) is 0 Å². The number of aromatic nitrogens is 2. The van der Waals surface area contributed by atoms with Crippen molar-refractivity contribution in [1.29, 1.82) is 0 Å². The zero-order valence-electron chi connectivity index (χ0n) is 10.6. The van der Waals surface area contributed by atoms with Gasteiger partial charge in [0, 0.05) is 12.1 Å². The van der Waals surface area contributed by atoms with Crippen molar-refractivity contribution < 1.29 is 0 Å². The second kappa shape index (κ2) is 5.75. The highest BCUT2D eigenvalue weighted by Gasteiger charge is 2.17. The monoisotopic (exact) mass is 340 g/mol. The summed E-state index contributed by atoms with van der Waals surface area (Å²) in [5.74, 6) is 1.19. The fraction of sp³-hybridized carbons (Fsp3) is 0.231. The molecule has 19 heavy (non-hydrogen) atoms. The van der Waals surface area contributed by atoms with Gasteiger partial charge in [0.25, 0.3) is 0 Å². The normalized spacial score (nSPS) is 12.2. The fourth-order valence-corrected chi connectivity index (χ4v) is 2.38. The van der Waals surface area contributed by atoms with Gasteiger partial charge < -0.3 is 10.6 Å². The van der Waals surface area contributed by atoms with Gasteiger partial charge in [0.05, 0.1) is 6.04 Å². The van der Waals surface area contributed by atoms with Crippen LogP contribution in [-0.4, -0.2) is 17.0 Å². The molecular formula is C13H14BrClN4. The van der Waals surface area contributed by atoms with Crippen molar-refractivity contribution in [2.24, 2.45) is 0 Å². The first-order chi connectivity index (χ1) is 9.00. The van der Waals surface area contributed by atoms with Crippen molar-refractivity contribution in [1.82, 2.24) is 9.97 Å². The number of nitrogens with two attached hydrogens (primary N) is 1. The van der Waals surface area contributed by atoms with E-state index >= 15 is 0 Å². The van der Waals surface area contributed by atoms with Crippen molar-refractivity contribution in [3.63, 3.8) is 0 Å². The highest BCUT2D eigenvalue weighted by Crippen LogP contribution is 2.32. The molecule has 0 aliphatic rings. The van der Waals surface area contributed by atoms with Gasteiger partial charge in [0.2, 0.25) is 0 Å². The lowest BCUT2D eigenvalue weighted by atomic mass is 10.1. The summed E-state index contributed by atoms with van der Waals surface area (Å²) in [5.41, 5.74) is 6.92. The number of nitrogens with zero attached hydrogens (tertiary/aromatic N) is 3. The Morgan fingerprint density at radius 3 is 2.53 bits per heavy atom. The zero-order valence-corrected chi connectivity index (χ0v) is 13.0. The number of hydrogen-bond acceptors (Lipinski definition) is 4. The van der Waals surface area contributed by atoms with E-state index in [1.165, 1.54) is 6.33 Å². The number of hydrogen-bond donors (Lipinski definition) is 1. The number of rotatable bonds is 3. The molecule has 0 spiro atoms. The molecule has 0 aliphatic carbocycles. The van der Waals surface area contributed by atoms with E-state index in [4.69, 9.17) is 17.3 Å². The first kappa shape index (κ1) is 14.1. The molecule has 1 heterocycles. The van der Waals surface area contributed by atoms with Crippen LogP contribution in [0.5, 0.6) is 0 Å².